The molecule has 4 heteroatoms. The number of aldehydes is 1. The smallest absolute Gasteiger partial charge is 0.330 e. The summed E-state index contributed by atoms with van der Waals surface area (Å²) in [7, 11) is 2.84. The maximum absolute atomic E-state index is 11.0. The molecule has 0 N–H and O–H groups in total. The number of benzene rings is 1. The summed E-state index contributed by atoms with van der Waals surface area (Å²) in [5, 5.41) is 0. The van der Waals surface area contributed by atoms with Gasteiger partial charge in [0.2, 0.25) is 0 Å². The summed E-state index contributed by atoms with van der Waals surface area (Å²) in [5.41, 5.74) is 2.01. The van der Waals surface area contributed by atoms with Crippen molar-refractivity contribution in [2.75, 3.05) is 14.2 Å². The zero-order valence-corrected chi connectivity index (χ0v) is 10.0. The number of carbonyl (C=O) groups is 2. The van der Waals surface area contributed by atoms with Crippen LogP contribution in [0.5, 0.6) is 5.75 Å². The maximum Gasteiger partial charge on any atom is 0.330 e. The van der Waals surface area contributed by atoms with Crippen molar-refractivity contribution < 1.29 is 19.1 Å². The van der Waals surface area contributed by atoms with Crippen molar-refractivity contribution in [2.24, 2.45) is 0 Å². The average Bonchev–Trinajstić information content (AvgIpc) is 2.35. The van der Waals surface area contributed by atoms with Gasteiger partial charge in [-0.15, -0.1) is 0 Å². The monoisotopic (exact) mass is 234 g/mol. The molecule has 1 aromatic carbocycles. The molecule has 0 fully saturated rings. The normalized spacial score (nSPS) is 10.3. The van der Waals surface area contributed by atoms with Crippen LogP contribution < -0.4 is 4.74 Å². The molecular weight excluding hydrogens is 220 g/mol. The highest BCUT2D eigenvalue weighted by Crippen LogP contribution is 2.22. The molecule has 0 aliphatic carbocycles. The number of esters is 1. The Morgan fingerprint density at radius 2 is 1.94 bits per heavy atom. The second-order valence-electron chi connectivity index (χ2n) is 3.43. The molecule has 4 nitrogen and oxygen atoms in total. The van der Waals surface area contributed by atoms with Crippen molar-refractivity contribution in [3.8, 4) is 5.75 Å². The number of hydrogen-bond donors (Lipinski definition) is 0. The molecule has 0 radical (unpaired) electrons. The molecule has 17 heavy (non-hydrogen) atoms. The van der Waals surface area contributed by atoms with E-state index in [1.165, 1.54) is 13.2 Å². The van der Waals surface area contributed by atoms with Crippen LogP contribution in [0, 0.1) is 6.92 Å². The van der Waals surface area contributed by atoms with E-state index in [0.29, 0.717) is 16.9 Å². The third-order valence-electron chi connectivity index (χ3n) is 2.33. The van der Waals surface area contributed by atoms with E-state index in [1.807, 2.05) is 6.92 Å². The van der Waals surface area contributed by atoms with E-state index in [1.54, 1.807) is 25.3 Å². The summed E-state index contributed by atoms with van der Waals surface area (Å²) in [6.45, 7) is 1.86. The lowest BCUT2D eigenvalue weighted by Gasteiger charge is -2.07. The predicted molar refractivity (Wildman–Crippen MR) is 64.2 cm³/mol. The molecule has 1 rings (SSSR count). The summed E-state index contributed by atoms with van der Waals surface area (Å²) in [5.74, 6) is 0.178. The molecule has 0 spiro atoms. The first-order valence-electron chi connectivity index (χ1n) is 5.02. The Balaban J connectivity index is 3.15. The van der Waals surface area contributed by atoms with Gasteiger partial charge < -0.3 is 9.47 Å². The van der Waals surface area contributed by atoms with Crippen molar-refractivity contribution >= 4 is 18.3 Å². The topological polar surface area (TPSA) is 52.6 Å². The molecule has 0 heterocycles. The Hall–Kier alpha value is -2.10. The minimum atomic E-state index is -0.463. The van der Waals surface area contributed by atoms with E-state index in [-0.39, 0.29) is 0 Å². The fourth-order valence-corrected chi connectivity index (χ4v) is 1.42. The van der Waals surface area contributed by atoms with Crippen molar-refractivity contribution in [3.63, 3.8) is 0 Å². The number of carbonyl (C=O) groups excluding carboxylic acids is 2. The third kappa shape index (κ3) is 3.17. The van der Waals surface area contributed by atoms with Crippen LogP contribution in [0.15, 0.2) is 18.2 Å². The lowest BCUT2D eigenvalue weighted by atomic mass is 10.0. The molecular formula is C13H14O4. The van der Waals surface area contributed by atoms with Gasteiger partial charge in [-0.1, -0.05) is 0 Å². The number of ether oxygens (including phenoxy) is 2. The summed E-state index contributed by atoms with van der Waals surface area (Å²) >= 11 is 0. The molecule has 0 unspecified atom stereocenters. The van der Waals surface area contributed by atoms with E-state index >= 15 is 0 Å². The number of aryl methyl sites for hydroxylation is 1. The fraction of sp³-hybridized carbons (Fsp3) is 0.231. The minimum Gasteiger partial charge on any atom is -0.496 e. The van der Waals surface area contributed by atoms with E-state index in [2.05, 4.69) is 4.74 Å². The highest BCUT2D eigenvalue weighted by molar-refractivity contribution is 5.90. The molecule has 90 valence electrons. The van der Waals surface area contributed by atoms with Crippen LogP contribution in [0.3, 0.4) is 0 Å². The van der Waals surface area contributed by atoms with Crippen LogP contribution in [0.1, 0.15) is 21.5 Å². The van der Waals surface area contributed by atoms with Gasteiger partial charge in [-0.3, -0.25) is 4.79 Å². The lowest BCUT2D eigenvalue weighted by molar-refractivity contribution is -0.134. The summed E-state index contributed by atoms with van der Waals surface area (Å²) in [4.78, 5) is 21.9. The number of rotatable bonds is 4. The Labute approximate surface area is 99.8 Å². The molecule has 1 aromatic rings. The molecule has 0 aliphatic rings. The van der Waals surface area contributed by atoms with Gasteiger partial charge in [0.15, 0.2) is 6.29 Å². The molecule has 0 saturated heterocycles. The zero-order valence-electron chi connectivity index (χ0n) is 10.0. The van der Waals surface area contributed by atoms with Crippen LogP contribution in [-0.4, -0.2) is 26.5 Å². The van der Waals surface area contributed by atoms with Crippen LogP contribution in [0.4, 0.5) is 0 Å². The van der Waals surface area contributed by atoms with Gasteiger partial charge in [-0.25, -0.2) is 4.79 Å². The summed E-state index contributed by atoms with van der Waals surface area (Å²) in [6, 6.07) is 3.42. The van der Waals surface area contributed by atoms with Crippen molar-refractivity contribution in [2.45, 2.75) is 6.92 Å². The van der Waals surface area contributed by atoms with Gasteiger partial charge in [0, 0.05) is 11.6 Å². The summed E-state index contributed by atoms with van der Waals surface area (Å²) in [6.07, 6.45) is 3.54. The van der Waals surface area contributed by atoms with Crippen molar-refractivity contribution in [1.82, 2.24) is 0 Å². The van der Waals surface area contributed by atoms with Gasteiger partial charge in [-0.2, -0.15) is 0 Å². The van der Waals surface area contributed by atoms with E-state index in [9.17, 15) is 9.59 Å². The molecule has 0 amide bonds. The molecule has 0 aliphatic heterocycles. The number of methoxy groups -OCH3 is 2. The van der Waals surface area contributed by atoms with Crippen molar-refractivity contribution in [3.05, 3.63) is 34.9 Å². The first-order chi connectivity index (χ1) is 8.12. The van der Waals surface area contributed by atoms with E-state index < -0.39 is 5.97 Å². The second kappa shape index (κ2) is 5.84. The molecule has 0 aromatic heterocycles. The highest BCUT2D eigenvalue weighted by atomic mass is 16.5. The van der Waals surface area contributed by atoms with Gasteiger partial charge in [0.25, 0.3) is 0 Å². The average molecular weight is 234 g/mol. The SMILES string of the molecule is COC(=O)/C=C/c1cc(C)c(OC)cc1C=O. The standard InChI is InChI=1S/C13H14O4/c1-9-6-10(4-5-13(15)17-3)11(8-14)7-12(9)16-2/h4-8H,1-3H3/b5-4+. The van der Waals surface area contributed by atoms with Gasteiger partial charge in [0.05, 0.1) is 14.2 Å². The van der Waals surface area contributed by atoms with Crippen LogP contribution in [0.2, 0.25) is 0 Å². The largest absolute Gasteiger partial charge is 0.496 e. The first-order valence-corrected chi connectivity index (χ1v) is 5.02. The zero-order chi connectivity index (χ0) is 12.8. The van der Waals surface area contributed by atoms with Crippen molar-refractivity contribution in [1.29, 1.82) is 0 Å². The van der Waals surface area contributed by atoms with Crippen LogP contribution in [0.25, 0.3) is 6.08 Å². The Morgan fingerprint density at radius 1 is 1.24 bits per heavy atom. The van der Waals surface area contributed by atoms with Gasteiger partial charge >= 0.3 is 5.97 Å². The quantitative estimate of drug-likeness (QED) is 0.454. The van der Waals surface area contributed by atoms with Crippen LogP contribution >= 0.6 is 0 Å². The van der Waals surface area contributed by atoms with E-state index in [4.69, 9.17) is 4.74 Å². The maximum atomic E-state index is 11.0. The van der Waals surface area contributed by atoms with Gasteiger partial charge in [-0.05, 0) is 36.3 Å². The highest BCUT2D eigenvalue weighted by Gasteiger charge is 2.05. The Morgan fingerprint density at radius 3 is 2.47 bits per heavy atom. The fourth-order valence-electron chi connectivity index (χ4n) is 1.42. The Bertz CT molecular complexity index is 461. The summed E-state index contributed by atoms with van der Waals surface area (Å²) < 4.78 is 9.60. The minimum absolute atomic E-state index is 0.463. The third-order valence-corrected chi connectivity index (χ3v) is 2.33. The molecule has 0 saturated carbocycles. The predicted octanol–water partition coefficient (Wildman–Crippen LogP) is 2.00. The molecule has 0 bridgehead atoms. The molecule has 0 atom stereocenters. The first kappa shape index (κ1) is 13.0. The van der Waals surface area contributed by atoms with Crippen LogP contribution in [-0.2, 0) is 9.53 Å². The number of hydrogen-bond acceptors (Lipinski definition) is 4. The second-order valence-corrected chi connectivity index (χ2v) is 3.43. The lowest BCUT2D eigenvalue weighted by Crippen LogP contribution is -1.96. The Kier molecular flexibility index (Phi) is 4.46. The van der Waals surface area contributed by atoms with Gasteiger partial charge in [0.1, 0.15) is 5.75 Å². The van der Waals surface area contributed by atoms with E-state index in [0.717, 1.165) is 11.8 Å².